The van der Waals surface area contributed by atoms with Crippen molar-refractivity contribution in [3.05, 3.63) is 41.6 Å². The second-order valence-corrected chi connectivity index (χ2v) is 8.26. The number of halogens is 3. The molecule has 0 aliphatic heterocycles. The number of nitrogens with zero attached hydrogens (tertiary/aromatic N) is 6. The Labute approximate surface area is 198 Å². The van der Waals surface area contributed by atoms with E-state index >= 15 is 0 Å². The van der Waals surface area contributed by atoms with E-state index < -0.39 is 23.8 Å². The molecule has 3 aromatic heterocycles. The molecule has 0 spiro atoms. The quantitative estimate of drug-likeness (QED) is 0.527. The van der Waals surface area contributed by atoms with Crippen LogP contribution >= 0.6 is 0 Å². The van der Waals surface area contributed by atoms with Gasteiger partial charge in [0.15, 0.2) is 5.69 Å². The van der Waals surface area contributed by atoms with Gasteiger partial charge in [-0.25, -0.2) is 14.6 Å². The van der Waals surface area contributed by atoms with Gasteiger partial charge in [0.2, 0.25) is 5.88 Å². The molecule has 1 saturated carbocycles. The molecule has 0 radical (unpaired) electrons. The Morgan fingerprint density at radius 1 is 1.23 bits per heavy atom. The zero-order valence-electron chi connectivity index (χ0n) is 19.0. The third kappa shape index (κ3) is 5.66. The van der Waals surface area contributed by atoms with E-state index in [9.17, 15) is 23.1 Å². The van der Waals surface area contributed by atoms with Crippen LogP contribution in [0, 0.1) is 12.8 Å². The fourth-order valence-corrected chi connectivity index (χ4v) is 3.89. The molecule has 4 rings (SSSR count). The van der Waals surface area contributed by atoms with E-state index in [1.165, 1.54) is 4.68 Å². The summed E-state index contributed by atoms with van der Waals surface area (Å²) in [5.74, 6) is -0.959. The van der Waals surface area contributed by atoms with Crippen LogP contribution in [0.25, 0.3) is 11.4 Å². The van der Waals surface area contributed by atoms with Gasteiger partial charge in [-0.3, -0.25) is 9.78 Å². The molecule has 1 aliphatic carbocycles. The number of alkyl halides is 3. The fourth-order valence-electron chi connectivity index (χ4n) is 3.89. The van der Waals surface area contributed by atoms with E-state index in [1.807, 2.05) is 0 Å². The van der Waals surface area contributed by atoms with Crippen LogP contribution in [0.15, 0.2) is 24.5 Å². The van der Waals surface area contributed by atoms with Gasteiger partial charge in [0, 0.05) is 7.05 Å². The van der Waals surface area contributed by atoms with Gasteiger partial charge in [0.25, 0.3) is 0 Å². The van der Waals surface area contributed by atoms with Crippen molar-refractivity contribution in [2.24, 2.45) is 13.0 Å². The average Bonchev–Trinajstić information content (AvgIpc) is 3.19. The highest BCUT2D eigenvalue weighted by atomic mass is 19.4. The number of rotatable bonds is 7. The summed E-state index contributed by atoms with van der Waals surface area (Å²) in [6.45, 7) is 1.60. The van der Waals surface area contributed by atoms with E-state index in [4.69, 9.17) is 9.47 Å². The van der Waals surface area contributed by atoms with E-state index in [0.29, 0.717) is 47.6 Å². The number of hydrogen-bond donors (Lipinski definition) is 1. The molecule has 13 heteroatoms. The van der Waals surface area contributed by atoms with Crippen molar-refractivity contribution in [2.45, 2.75) is 51.5 Å². The molecule has 35 heavy (non-hydrogen) atoms. The maximum Gasteiger partial charge on any atom is 0.435 e. The number of hydrogen-bond acceptors (Lipinski definition) is 8. The van der Waals surface area contributed by atoms with Crippen LogP contribution in [0.5, 0.6) is 11.6 Å². The van der Waals surface area contributed by atoms with Gasteiger partial charge in [0.1, 0.15) is 23.7 Å². The summed E-state index contributed by atoms with van der Waals surface area (Å²) in [4.78, 5) is 22.8. The molecule has 3 aromatic rings. The Morgan fingerprint density at radius 3 is 2.74 bits per heavy atom. The number of carbonyl (C=O) groups is 1. The molecule has 0 saturated heterocycles. The molecule has 2 atom stereocenters. The minimum Gasteiger partial charge on any atom is -0.489 e. The number of carboxylic acids is 1. The largest absolute Gasteiger partial charge is 0.489 e. The van der Waals surface area contributed by atoms with Gasteiger partial charge in [-0.1, -0.05) is 5.21 Å². The van der Waals surface area contributed by atoms with Crippen molar-refractivity contribution in [1.82, 2.24) is 29.9 Å². The predicted octanol–water partition coefficient (Wildman–Crippen LogP) is 3.60. The summed E-state index contributed by atoms with van der Waals surface area (Å²) >= 11 is 0. The van der Waals surface area contributed by atoms with Crippen LogP contribution in [-0.4, -0.2) is 47.1 Å². The molecule has 3 heterocycles. The predicted molar refractivity (Wildman–Crippen MR) is 114 cm³/mol. The van der Waals surface area contributed by atoms with Gasteiger partial charge in [-0.15, -0.1) is 5.10 Å². The first-order valence-electron chi connectivity index (χ1n) is 10.9. The third-order valence-corrected chi connectivity index (χ3v) is 5.75. The van der Waals surface area contributed by atoms with Gasteiger partial charge >= 0.3 is 12.1 Å². The highest BCUT2D eigenvalue weighted by Gasteiger charge is 2.33. The lowest BCUT2D eigenvalue weighted by Gasteiger charge is -2.27. The van der Waals surface area contributed by atoms with Crippen LogP contribution in [0.4, 0.5) is 13.2 Å². The van der Waals surface area contributed by atoms with Crippen molar-refractivity contribution < 1.29 is 32.5 Å². The number of aliphatic carboxylic acids is 1. The second kappa shape index (κ2) is 9.84. The summed E-state index contributed by atoms with van der Waals surface area (Å²) in [5.41, 5.74) is 0.774. The van der Waals surface area contributed by atoms with Gasteiger partial charge < -0.3 is 14.6 Å². The molecule has 0 unspecified atom stereocenters. The smallest absolute Gasteiger partial charge is 0.435 e. The van der Waals surface area contributed by atoms with Crippen LogP contribution in [0.2, 0.25) is 0 Å². The molecule has 0 bridgehead atoms. The third-order valence-electron chi connectivity index (χ3n) is 5.75. The minimum absolute atomic E-state index is 0.160. The monoisotopic (exact) mass is 492 g/mol. The summed E-state index contributed by atoms with van der Waals surface area (Å²) in [5, 5.41) is 17.4. The van der Waals surface area contributed by atoms with E-state index in [1.54, 1.807) is 26.1 Å². The van der Waals surface area contributed by atoms with Crippen LogP contribution < -0.4 is 9.47 Å². The van der Waals surface area contributed by atoms with Crippen LogP contribution in [0.3, 0.4) is 0 Å². The van der Waals surface area contributed by atoms with Crippen molar-refractivity contribution >= 4 is 5.97 Å². The number of aryl methyl sites for hydroxylation is 2. The Balaban J connectivity index is 1.49. The Hall–Kier alpha value is -3.77. The molecule has 0 amide bonds. The highest BCUT2D eigenvalue weighted by molar-refractivity contribution is 5.70. The normalized spacial score (nSPS) is 18.3. The molecular formula is C22H23F3N6O4. The fraction of sp³-hybridized carbons (Fsp3) is 0.455. The first kappa shape index (κ1) is 24.4. The molecule has 1 aliphatic rings. The zero-order valence-corrected chi connectivity index (χ0v) is 19.0. The number of aromatic nitrogens is 6. The van der Waals surface area contributed by atoms with E-state index in [0.717, 1.165) is 19.0 Å². The number of carboxylic acid groups (broad SMARTS) is 1. The van der Waals surface area contributed by atoms with Crippen molar-refractivity contribution in [1.29, 1.82) is 0 Å². The second-order valence-electron chi connectivity index (χ2n) is 8.26. The van der Waals surface area contributed by atoms with E-state index in [-0.39, 0.29) is 18.6 Å². The average molecular weight is 492 g/mol. The van der Waals surface area contributed by atoms with Gasteiger partial charge in [-0.05, 0) is 44.7 Å². The highest BCUT2D eigenvalue weighted by Crippen LogP contribution is 2.31. The maximum absolute atomic E-state index is 12.9. The minimum atomic E-state index is -4.64. The standard InChI is InChI=1S/C22H23F3N6O4/c1-12-17(35-14-5-3-4-13(8-14)21(32)33)7-6-15(27-12)20-16(31(2)30-29-20)11-34-19-10-26-9-18(28-19)22(23,24)25/h6-7,9-10,13-14H,3-5,8,11H2,1-2H3,(H,32,33)/t13-,14-/m0/s1. The first-order chi connectivity index (χ1) is 16.6. The Bertz CT molecular complexity index is 1220. The molecule has 1 N–H and O–H groups in total. The summed E-state index contributed by atoms with van der Waals surface area (Å²) < 4.78 is 51.5. The molecule has 1 fully saturated rings. The number of pyridine rings is 1. The van der Waals surface area contributed by atoms with Gasteiger partial charge in [-0.2, -0.15) is 13.2 Å². The van der Waals surface area contributed by atoms with Gasteiger partial charge in [0.05, 0.1) is 35.8 Å². The maximum atomic E-state index is 12.9. The summed E-state index contributed by atoms with van der Waals surface area (Å²) in [6.07, 6.45) is -0.479. The molecule has 10 nitrogen and oxygen atoms in total. The lowest BCUT2D eigenvalue weighted by molar-refractivity contribution is -0.144. The van der Waals surface area contributed by atoms with Crippen molar-refractivity contribution in [3.8, 4) is 23.0 Å². The SMILES string of the molecule is Cc1nc(-c2nnn(C)c2COc2cncc(C(F)(F)F)n2)ccc1O[C@H]1CCC[C@H](C(=O)O)C1. The zero-order chi connectivity index (χ0) is 25.2. The first-order valence-corrected chi connectivity index (χ1v) is 10.9. The topological polar surface area (TPSA) is 125 Å². The summed E-state index contributed by atoms with van der Waals surface area (Å²) in [7, 11) is 1.62. The van der Waals surface area contributed by atoms with E-state index in [2.05, 4.69) is 25.3 Å². The summed E-state index contributed by atoms with van der Waals surface area (Å²) in [6, 6.07) is 3.43. The van der Waals surface area contributed by atoms with Crippen LogP contribution in [0.1, 0.15) is 42.8 Å². The number of ether oxygens (including phenoxy) is 2. The Morgan fingerprint density at radius 2 is 2.03 bits per heavy atom. The molecular weight excluding hydrogens is 469 g/mol. The lowest BCUT2D eigenvalue weighted by Crippen LogP contribution is -2.29. The Kier molecular flexibility index (Phi) is 6.85. The molecule has 186 valence electrons. The van der Waals surface area contributed by atoms with Crippen molar-refractivity contribution in [3.63, 3.8) is 0 Å². The lowest BCUT2D eigenvalue weighted by atomic mass is 9.87. The van der Waals surface area contributed by atoms with Crippen LogP contribution in [-0.2, 0) is 24.6 Å². The molecule has 0 aromatic carbocycles. The van der Waals surface area contributed by atoms with Crippen molar-refractivity contribution in [2.75, 3.05) is 0 Å².